The third kappa shape index (κ3) is 3.48. The average Bonchev–Trinajstić information content (AvgIpc) is 3.36. The summed E-state index contributed by atoms with van der Waals surface area (Å²) >= 11 is 1.58. The van der Waals surface area contributed by atoms with Gasteiger partial charge >= 0.3 is 0 Å². The number of nitrogens with zero attached hydrogens (tertiary/aromatic N) is 3. The number of hydrogen-bond acceptors (Lipinski definition) is 6. The second-order valence-corrected chi connectivity index (χ2v) is 6.99. The first kappa shape index (κ1) is 16.8. The number of aryl methyl sites for hydroxylation is 1. The third-order valence-corrected chi connectivity index (χ3v) is 5.25. The summed E-state index contributed by atoms with van der Waals surface area (Å²) in [6.07, 6.45) is 1.69. The number of benzene rings is 1. The lowest BCUT2D eigenvalue weighted by atomic mass is 9.99. The Morgan fingerprint density at radius 3 is 3.04 bits per heavy atom. The van der Waals surface area contributed by atoms with Crippen LogP contribution in [-0.2, 0) is 24.2 Å². The van der Waals surface area contributed by atoms with E-state index in [1.54, 1.807) is 18.4 Å². The van der Waals surface area contributed by atoms with Gasteiger partial charge < -0.3 is 14.1 Å². The van der Waals surface area contributed by atoms with E-state index in [9.17, 15) is 4.79 Å². The molecule has 1 aliphatic rings. The van der Waals surface area contributed by atoms with E-state index in [1.165, 1.54) is 5.56 Å². The number of carbonyl (C=O) groups is 1. The molecule has 4 rings (SSSR count). The molecule has 6 nitrogen and oxygen atoms in total. The van der Waals surface area contributed by atoms with Gasteiger partial charge in [0.05, 0.1) is 7.11 Å². The number of methoxy groups -OCH3 is 1. The van der Waals surface area contributed by atoms with Crippen molar-refractivity contribution in [2.24, 2.45) is 0 Å². The zero-order chi connectivity index (χ0) is 17.9. The molecule has 26 heavy (non-hydrogen) atoms. The zero-order valence-corrected chi connectivity index (χ0v) is 15.3. The predicted octanol–water partition coefficient (Wildman–Crippen LogP) is 3.32. The van der Waals surface area contributed by atoms with E-state index in [-0.39, 0.29) is 5.91 Å². The van der Waals surface area contributed by atoms with Gasteiger partial charge in [-0.15, -0.1) is 10.2 Å². The van der Waals surface area contributed by atoms with Crippen molar-refractivity contribution in [2.45, 2.75) is 25.8 Å². The SMILES string of the molecule is COc1ccc2c(c1)CN(C(=O)CCc1nnc(-c3ccsc3)o1)CC2. The lowest BCUT2D eigenvalue weighted by Crippen LogP contribution is -2.36. The van der Waals surface area contributed by atoms with Gasteiger partial charge in [0.1, 0.15) is 5.75 Å². The number of aromatic nitrogens is 2. The average molecular weight is 369 g/mol. The topological polar surface area (TPSA) is 68.5 Å². The fraction of sp³-hybridized carbons (Fsp3) is 0.316. The van der Waals surface area contributed by atoms with Gasteiger partial charge in [-0.25, -0.2) is 0 Å². The fourth-order valence-corrected chi connectivity index (χ4v) is 3.73. The highest BCUT2D eigenvalue weighted by Gasteiger charge is 2.21. The molecule has 0 aliphatic carbocycles. The number of fused-ring (bicyclic) bond motifs is 1. The Bertz CT molecular complexity index is 905. The Kier molecular flexibility index (Phi) is 4.71. The molecule has 0 bridgehead atoms. The second-order valence-electron chi connectivity index (χ2n) is 6.21. The van der Waals surface area contributed by atoms with Crippen molar-refractivity contribution in [1.82, 2.24) is 15.1 Å². The zero-order valence-electron chi connectivity index (χ0n) is 14.5. The van der Waals surface area contributed by atoms with Gasteiger partial charge in [0, 0.05) is 36.9 Å². The van der Waals surface area contributed by atoms with E-state index in [1.807, 2.05) is 33.9 Å². The van der Waals surface area contributed by atoms with Crippen molar-refractivity contribution in [1.29, 1.82) is 0 Å². The van der Waals surface area contributed by atoms with Crippen LogP contribution >= 0.6 is 11.3 Å². The summed E-state index contributed by atoms with van der Waals surface area (Å²) in [5.41, 5.74) is 3.36. The summed E-state index contributed by atoms with van der Waals surface area (Å²) in [4.78, 5) is 14.5. The van der Waals surface area contributed by atoms with Crippen LogP contribution in [0.5, 0.6) is 5.75 Å². The largest absolute Gasteiger partial charge is 0.497 e. The molecular weight excluding hydrogens is 350 g/mol. The number of carbonyl (C=O) groups excluding carboxylic acids is 1. The molecule has 2 aromatic heterocycles. The minimum absolute atomic E-state index is 0.105. The summed E-state index contributed by atoms with van der Waals surface area (Å²) in [6, 6.07) is 8.00. The summed E-state index contributed by atoms with van der Waals surface area (Å²) in [7, 11) is 1.65. The second kappa shape index (κ2) is 7.29. The Morgan fingerprint density at radius 2 is 2.23 bits per heavy atom. The van der Waals surface area contributed by atoms with Crippen molar-refractivity contribution in [3.05, 3.63) is 52.0 Å². The first-order valence-electron chi connectivity index (χ1n) is 8.51. The maximum Gasteiger partial charge on any atom is 0.248 e. The molecule has 134 valence electrons. The molecule has 3 heterocycles. The summed E-state index contributed by atoms with van der Waals surface area (Å²) in [5.74, 6) is 1.94. The van der Waals surface area contributed by atoms with Crippen LogP contribution in [0.1, 0.15) is 23.4 Å². The fourth-order valence-electron chi connectivity index (χ4n) is 3.10. The van der Waals surface area contributed by atoms with Crippen LogP contribution in [0, 0.1) is 0 Å². The first-order chi connectivity index (χ1) is 12.7. The normalized spacial score (nSPS) is 13.5. The van der Waals surface area contributed by atoms with E-state index in [0.717, 1.165) is 29.8 Å². The van der Waals surface area contributed by atoms with E-state index in [0.29, 0.717) is 31.2 Å². The third-order valence-electron chi connectivity index (χ3n) is 4.57. The molecule has 0 N–H and O–H groups in total. The molecule has 1 aromatic carbocycles. The van der Waals surface area contributed by atoms with Crippen LogP contribution in [0.2, 0.25) is 0 Å². The van der Waals surface area contributed by atoms with Crippen molar-refractivity contribution < 1.29 is 13.9 Å². The van der Waals surface area contributed by atoms with Crippen LogP contribution < -0.4 is 4.74 Å². The van der Waals surface area contributed by atoms with E-state index < -0.39 is 0 Å². The Balaban J connectivity index is 1.36. The van der Waals surface area contributed by atoms with Crippen LogP contribution in [0.15, 0.2) is 39.4 Å². The monoisotopic (exact) mass is 369 g/mol. The lowest BCUT2D eigenvalue weighted by molar-refractivity contribution is -0.132. The van der Waals surface area contributed by atoms with Gasteiger partial charge in [-0.3, -0.25) is 4.79 Å². The molecule has 0 saturated carbocycles. The molecule has 1 amide bonds. The van der Waals surface area contributed by atoms with Gasteiger partial charge in [0.15, 0.2) is 0 Å². The van der Waals surface area contributed by atoms with Crippen molar-refractivity contribution >= 4 is 17.2 Å². The molecule has 7 heteroatoms. The van der Waals surface area contributed by atoms with Gasteiger partial charge in [-0.2, -0.15) is 11.3 Å². The molecule has 0 saturated heterocycles. The molecular formula is C19H19N3O3S. The van der Waals surface area contributed by atoms with E-state index >= 15 is 0 Å². The van der Waals surface area contributed by atoms with Gasteiger partial charge in [-0.05, 0) is 41.1 Å². The van der Waals surface area contributed by atoms with E-state index in [2.05, 4.69) is 16.3 Å². The minimum Gasteiger partial charge on any atom is -0.497 e. The first-order valence-corrected chi connectivity index (χ1v) is 9.46. The molecule has 0 fully saturated rings. The standard InChI is InChI=1S/C19H19N3O3S/c1-24-16-3-2-13-6-8-22(11-15(13)10-16)18(23)5-4-17-20-21-19(25-17)14-7-9-26-12-14/h2-3,7,9-10,12H,4-6,8,11H2,1H3. The maximum atomic E-state index is 12.6. The van der Waals surface area contributed by atoms with Crippen molar-refractivity contribution in [3.63, 3.8) is 0 Å². The molecule has 1 aliphatic heterocycles. The maximum absolute atomic E-state index is 12.6. The Morgan fingerprint density at radius 1 is 1.31 bits per heavy atom. The number of ether oxygens (including phenoxy) is 1. The Labute approximate surface area is 155 Å². The number of rotatable bonds is 5. The van der Waals surface area contributed by atoms with Crippen molar-refractivity contribution in [3.8, 4) is 17.2 Å². The highest BCUT2D eigenvalue weighted by atomic mass is 32.1. The van der Waals surface area contributed by atoms with Crippen LogP contribution in [0.3, 0.4) is 0 Å². The van der Waals surface area contributed by atoms with Crippen LogP contribution in [0.25, 0.3) is 11.5 Å². The van der Waals surface area contributed by atoms with Crippen LogP contribution in [0.4, 0.5) is 0 Å². The summed E-state index contributed by atoms with van der Waals surface area (Å²) in [5, 5.41) is 12.0. The lowest BCUT2D eigenvalue weighted by Gasteiger charge is -2.29. The molecule has 0 atom stereocenters. The predicted molar refractivity (Wildman–Crippen MR) is 98.0 cm³/mol. The molecule has 0 unspecified atom stereocenters. The Hall–Kier alpha value is -2.67. The van der Waals surface area contributed by atoms with E-state index in [4.69, 9.17) is 9.15 Å². The van der Waals surface area contributed by atoms with Gasteiger partial charge in [0.25, 0.3) is 0 Å². The molecule has 0 spiro atoms. The smallest absolute Gasteiger partial charge is 0.248 e. The number of thiophene rings is 1. The minimum atomic E-state index is 0.105. The molecule has 3 aromatic rings. The molecule has 0 radical (unpaired) electrons. The summed E-state index contributed by atoms with van der Waals surface area (Å²) in [6.45, 7) is 1.36. The number of hydrogen-bond donors (Lipinski definition) is 0. The summed E-state index contributed by atoms with van der Waals surface area (Å²) < 4.78 is 10.9. The quantitative estimate of drug-likeness (QED) is 0.690. The highest BCUT2D eigenvalue weighted by molar-refractivity contribution is 7.08. The van der Waals surface area contributed by atoms with Gasteiger partial charge in [0.2, 0.25) is 17.7 Å². The van der Waals surface area contributed by atoms with Crippen molar-refractivity contribution in [2.75, 3.05) is 13.7 Å². The highest BCUT2D eigenvalue weighted by Crippen LogP contribution is 2.25. The van der Waals surface area contributed by atoms with Gasteiger partial charge in [-0.1, -0.05) is 6.07 Å². The number of amides is 1. The van der Waals surface area contributed by atoms with Crippen LogP contribution in [-0.4, -0.2) is 34.7 Å².